The number of cyclic esters (lactones) is 1. The average molecular weight is 534 g/mol. The molecule has 0 aromatic rings. The fourth-order valence-corrected chi connectivity index (χ4v) is 6.48. The van der Waals surface area contributed by atoms with Gasteiger partial charge in [0.1, 0.15) is 12.2 Å². The lowest BCUT2D eigenvalue weighted by Crippen LogP contribution is -2.55. The van der Waals surface area contributed by atoms with E-state index >= 15 is 0 Å². The van der Waals surface area contributed by atoms with Crippen molar-refractivity contribution in [1.82, 2.24) is 4.90 Å². The molecular weight excluding hydrogens is 491 g/mol. The number of hydrogen-bond donors (Lipinski definition) is 1. The second-order valence-electron chi connectivity index (χ2n) is 12.1. The van der Waals surface area contributed by atoms with Gasteiger partial charge in [-0.3, -0.25) is 14.4 Å². The molecule has 1 N–H and O–H groups in total. The zero-order chi connectivity index (χ0) is 27.7. The molecule has 1 unspecified atom stereocenters. The van der Waals surface area contributed by atoms with E-state index in [1.807, 2.05) is 6.92 Å². The molecule has 1 saturated heterocycles. The largest absolute Gasteiger partial charge is 0.471 e. The van der Waals surface area contributed by atoms with E-state index in [1.54, 1.807) is 13.8 Å². The first kappa shape index (κ1) is 29.7. The number of fused-ring (bicyclic) bond motifs is 1. The molecule has 2 aliphatic carbocycles. The van der Waals surface area contributed by atoms with E-state index < -0.39 is 41.7 Å². The lowest BCUT2D eigenvalue weighted by molar-refractivity contribution is -0.192. The molecule has 3 aliphatic rings. The summed E-state index contributed by atoms with van der Waals surface area (Å²) in [4.78, 5) is 37.7. The Morgan fingerprint density at radius 1 is 1.14 bits per heavy atom. The van der Waals surface area contributed by atoms with Crippen LogP contribution in [0.15, 0.2) is 0 Å². The molecule has 0 spiro atoms. The first-order valence-corrected chi connectivity index (χ1v) is 13.6. The molecule has 7 nitrogen and oxygen atoms in total. The molecule has 1 heterocycles. The van der Waals surface area contributed by atoms with E-state index in [9.17, 15) is 32.7 Å². The predicted molar refractivity (Wildman–Crippen MR) is 129 cm³/mol. The molecule has 10 heteroatoms. The van der Waals surface area contributed by atoms with E-state index in [4.69, 9.17) is 9.47 Å². The third kappa shape index (κ3) is 6.98. The summed E-state index contributed by atoms with van der Waals surface area (Å²) in [7, 11) is 1.18. The Morgan fingerprint density at radius 2 is 1.81 bits per heavy atom. The average Bonchev–Trinajstić information content (AvgIpc) is 2.81. The highest BCUT2D eigenvalue weighted by Crippen LogP contribution is 2.50. The highest BCUT2D eigenvalue weighted by molar-refractivity contribution is 5.82. The number of aliphatic hydroxyl groups is 1. The standard InChI is InChI=1S/C27H42F3NO6/c1-6-26(3,4)25(35)37-21-12-17(31(5)24(34)27(28,29)30)11-16-8-7-15(2)20(23(16)21)10-9-19-13-18(32)14-22(33)36-19/h15-21,23,32H,6-14H2,1-5H3/t15-,16-,17-,18+,19?,20-,21-,23-/m0/s1. The number of aliphatic hydroxyl groups excluding tert-OH is 1. The fraction of sp³-hybridized carbons (Fsp3) is 0.889. The van der Waals surface area contributed by atoms with Crippen LogP contribution in [0.5, 0.6) is 0 Å². The topological polar surface area (TPSA) is 93.1 Å². The number of hydrogen-bond acceptors (Lipinski definition) is 6. The normalized spacial score (nSPS) is 34.8. The van der Waals surface area contributed by atoms with Gasteiger partial charge < -0.3 is 19.5 Å². The highest BCUT2D eigenvalue weighted by atomic mass is 19.4. The van der Waals surface area contributed by atoms with E-state index in [1.165, 1.54) is 7.05 Å². The van der Waals surface area contributed by atoms with Crippen LogP contribution in [0, 0.1) is 29.1 Å². The third-order valence-electron chi connectivity index (χ3n) is 9.13. The van der Waals surface area contributed by atoms with Gasteiger partial charge in [-0.25, -0.2) is 0 Å². The van der Waals surface area contributed by atoms with Gasteiger partial charge in [0, 0.05) is 31.8 Å². The molecule has 3 rings (SSSR count). The Morgan fingerprint density at radius 3 is 2.41 bits per heavy atom. The first-order valence-electron chi connectivity index (χ1n) is 13.6. The van der Waals surface area contributed by atoms with Crippen molar-refractivity contribution in [3.63, 3.8) is 0 Å². The van der Waals surface area contributed by atoms with Crippen LogP contribution in [0.25, 0.3) is 0 Å². The van der Waals surface area contributed by atoms with Gasteiger partial charge in [-0.15, -0.1) is 0 Å². The zero-order valence-electron chi connectivity index (χ0n) is 22.6. The predicted octanol–water partition coefficient (Wildman–Crippen LogP) is 4.64. The molecule has 37 heavy (non-hydrogen) atoms. The van der Waals surface area contributed by atoms with E-state index in [0.717, 1.165) is 17.7 Å². The summed E-state index contributed by atoms with van der Waals surface area (Å²) in [5, 5.41) is 9.98. The van der Waals surface area contributed by atoms with Gasteiger partial charge >= 0.3 is 24.0 Å². The van der Waals surface area contributed by atoms with Gasteiger partial charge in [-0.2, -0.15) is 13.2 Å². The number of amides is 1. The maximum Gasteiger partial charge on any atom is 0.471 e. The number of carbonyl (C=O) groups excluding carboxylic acids is 3. The number of rotatable bonds is 7. The number of halogens is 3. The molecule has 0 aromatic carbocycles. The maximum atomic E-state index is 13.2. The second kappa shape index (κ2) is 11.5. The molecule has 3 fully saturated rings. The molecular formula is C27H42F3NO6. The van der Waals surface area contributed by atoms with Crippen LogP contribution >= 0.6 is 0 Å². The zero-order valence-corrected chi connectivity index (χ0v) is 22.6. The Balaban J connectivity index is 1.84. The Labute approximate surface area is 217 Å². The molecule has 212 valence electrons. The summed E-state index contributed by atoms with van der Waals surface area (Å²) < 4.78 is 51.2. The summed E-state index contributed by atoms with van der Waals surface area (Å²) in [6.45, 7) is 7.60. The van der Waals surface area contributed by atoms with Crippen LogP contribution in [-0.2, 0) is 23.9 Å². The van der Waals surface area contributed by atoms with E-state index in [2.05, 4.69) is 6.92 Å². The third-order valence-corrected chi connectivity index (χ3v) is 9.13. The molecule has 1 amide bonds. The number of esters is 2. The summed E-state index contributed by atoms with van der Waals surface area (Å²) >= 11 is 0. The van der Waals surface area contributed by atoms with Crippen molar-refractivity contribution < 1.29 is 42.1 Å². The van der Waals surface area contributed by atoms with Gasteiger partial charge in [-0.05, 0) is 63.7 Å². The van der Waals surface area contributed by atoms with Crippen molar-refractivity contribution in [2.45, 2.75) is 116 Å². The van der Waals surface area contributed by atoms with Crippen LogP contribution in [0.3, 0.4) is 0 Å². The Bertz CT molecular complexity index is 846. The lowest BCUT2D eigenvalue weighted by Gasteiger charge is -2.52. The molecule has 0 radical (unpaired) electrons. The summed E-state index contributed by atoms with van der Waals surface area (Å²) in [6.07, 6.45) is -2.23. The number of ether oxygens (including phenoxy) is 2. The number of alkyl halides is 3. The van der Waals surface area contributed by atoms with Crippen LogP contribution in [0.4, 0.5) is 13.2 Å². The van der Waals surface area contributed by atoms with Crippen LogP contribution in [0.1, 0.15) is 85.5 Å². The quantitative estimate of drug-likeness (QED) is 0.479. The van der Waals surface area contributed by atoms with Gasteiger partial charge in [0.05, 0.1) is 17.9 Å². The summed E-state index contributed by atoms with van der Waals surface area (Å²) in [5.74, 6) is -2.33. The molecule has 0 bridgehead atoms. The molecule has 8 atom stereocenters. The lowest BCUT2D eigenvalue weighted by atomic mass is 9.58. The van der Waals surface area contributed by atoms with Gasteiger partial charge in [0.25, 0.3) is 0 Å². The highest BCUT2D eigenvalue weighted by Gasteiger charge is 2.51. The minimum Gasteiger partial charge on any atom is -0.462 e. The summed E-state index contributed by atoms with van der Waals surface area (Å²) in [6, 6.07) is -0.679. The van der Waals surface area contributed by atoms with Crippen molar-refractivity contribution in [1.29, 1.82) is 0 Å². The minimum absolute atomic E-state index is 0.00216. The van der Waals surface area contributed by atoms with Gasteiger partial charge in [0.2, 0.25) is 0 Å². The van der Waals surface area contributed by atoms with E-state index in [-0.39, 0.29) is 48.6 Å². The maximum absolute atomic E-state index is 13.2. The van der Waals surface area contributed by atoms with Gasteiger partial charge in [0.15, 0.2) is 0 Å². The molecule has 2 saturated carbocycles. The van der Waals surface area contributed by atoms with Crippen molar-refractivity contribution >= 4 is 17.8 Å². The molecule has 0 aromatic heterocycles. The smallest absolute Gasteiger partial charge is 0.462 e. The fourth-order valence-electron chi connectivity index (χ4n) is 6.48. The Hall–Kier alpha value is -1.84. The van der Waals surface area contributed by atoms with Crippen LogP contribution in [0.2, 0.25) is 0 Å². The van der Waals surface area contributed by atoms with Crippen molar-refractivity contribution in [3.05, 3.63) is 0 Å². The Kier molecular flexibility index (Phi) is 9.23. The van der Waals surface area contributed by atoms with Crippen molar-refractivity contribution in [2.24, 2.45) is 29.1 Å². The first-order chi connectivity index (χ1) is 17.1. The van der Waals surface area contributed by atoms with Gasteiger partial charge in [-0.1, -0.05) is 20.3 Å². The minimum atomic E-state index is -4.96. The van der Waals surface area contributed by atoms with Crippen LogP contribution in [-0.4, -0.2) is 65.4 Å². The second-order valence-corrected chi connectivity index (χ2v) is 12.1. The monoisotopic (exact) mass is 533 g/mol. The number of nitrogens with zero attached hydrogens (tertiary/aromatic N) is 1. The summed E-state index contributed by atoms with van der Waals surface area (Å²) in [5.41, 5.74) is -0.738. The van der Waals surface area contributed by atoms with Crippen molar-refractivity contribution in [3.8, 4) is 0 Å². The van der Waals surface area contributed by atoms with Crippen molar-refractivity contribution in [2.75, 3.05) is 7.05 Å². The molecule has 1 aliphatic heterocycles. The number of carbonyl (C=O) groups is 3. The SMILES string of the molecule is CCC(C)(C)C(=O)O[C@H]1C[C@@H](N(C)C(=O)C(F)(F)F)C[C@@H]2CC[C@H](C)[C@H](CCC3C[C@@H](O)CC(=O)O3)[C@H]21. The van der Waals surface area contributed by atoms with E-state index in [0.29, 0.717) is 32.1 Å². The van der Waals surface area contributed by atoms with Crippen LogP contribution < -0.4 is 0 Å².